The second kappa shape index (κ2) is 8.49. The first-order valence-corrected chi connectivity index (χ1v) is 6.22. The van der Waals surface area contributed by atoms with Crippen molar-refractivity contribution in [2.24, 2.45) is 5.92 Å². The summed E-state index contributed by atoms with van der Waals surface area (Å²) in [5.74, 6) is -1.27. The van der Waals surface area contributed by atoms with Crippen molar-refractivity contribution in [2.45, 2.75) is 52.5 Å². The Hall–Kier alpha value is -1.59. The van der Waals surface area contributed by atoms with Gasteiger partial charge in [0.2, 0.25) is 5.91 Å². The van der Waals surface area contributed by atoms with E-state index >= 15 is 0 Å². The van der Waals surface area contributed by atoms with Crippen LogP contribution in [0, 0.1) is 5.92 Å². The molecule has 6 nitrogen and oxygen atoms in total. The third-order valence-electron chi connectivity index (χ3n) is 2.93. The van der Waals surface area contributed by atoms with E-state index in [1.165, 1.54) is 0 Å². The Labute approximate surface area is 107 Å². The van der Waals surface area contributed by atoms with Gasteiger partial charge in [-0.3, -0.25) is 14.9 Å². The standard InChI is InChI=1S/C12H22N2O4/c1-4-9(5-2)8(3)13-12(18)14-10(15)6-7-11(16)17/h8-9H,4-7H2,1-3H3,(H,16,17)(H2,13,14,15,18). The average Bonchev–Trinajstić information content (AvgIpc) is 2.27. The van der Waals surface area contributed by atoms with Crippen LogP contribution in [0.15, 0.2) is 0 Å². The van der Waals surface area contributed by atoms with E-state index in [1.807, 2.05) is 20.8 Å². The number of amides is 3. The van der Waals surface area contributed by atoms with Gasteiger partial charge in [0, 0.05) is 12.5 Å². The Balaban J connectivity index is 4.02. The van der Waals surface area contributed by atoms with Gasteiger partial charge in [0.15, 0.2) is 0 Å². The lowest BCUT2D eigenvalue weighted by Gasteiger charge is -2.22. The van der Waals surface area contributed by atoms with Crippen molar-refractivity contribution in [2.75, 3.05) is 0 Å². The number of hydrogen-bond acceptors (Lipinski definition) is 3. The third kappa shape index (κ3) is 6.88. The molecular weight excluding hydrogens is 236 g/mol. The number of hydrogen-bond donors (Lipinski definition) is 3. The van der Waals surface area contributed by atoms with Crippen molar-refractivity contribution in [1.29, 1.82) is 0 Å². The Bertz CT molecular complexity index is 300. The molecule has 0 aliphatic heterocycles. The first kappa shape index (κ1) is 16.4. The molecule has 0 heterocycles. The maximum absolute atomic E-state index is 11.5. The van der Waals surface area contributed by atoms with Crippen LogP contribution in [0.2, 0.25) is 0 Å². The lowest BCUT2D eigenvalue weighted by atomic mass is 9.96. The summed E-state index contributed by atoms with van der Waals surface area (Å²) >= 11 is 0. The first-order chi connectivity index (χ1) is 8.40. The van der Waals surface area contributed by atoms with Crippen LogP contribution in [0.3, 0.4) is 0 Å². The van der Waals surface area contributed by atoms with E-state index in [1.54, 1.807) is 0 Å². The van der Waals surface area contributed by atoms with Crippen LogP contribution in [0.4, 0.5) is 4.79 Å². The summed E-state index contributed by atoms with van der Waals surface area (Å²) in [4.78, 5) is 32.9. The molecule has 0 aromatic rings. The number of carboxylic acid groups (broad SMARTS) is 1. The zero-order valence-corrected chi connectivity index (χ0v) is 11.2. The fourth-order valence-corrected chi connectivity index (χ4v) is 1.77. The lowest BCUT2D eigenvalue weighted by Crippen LogP contribution is -2.46. The molecular formula is C12H22N2O4. The van der Waals surface area contributed by atoms with Gasteiger partial charge in [0.1, 0.15) is 0 Å². The fraction of sp³-hybridized carbons (Fsp3) is 0.750. The van der Waals surface area contributed by atoms with E-state index in [9.17, 15) is 14.4 Å². The van der Waals surface area contributed by atoms with Crippen LogP contribution < -0.4 is 10.6 Å². The topological polar surface area (TPSA) is 95.5 Å². The minimum Gasteiger partial charge on any atom is -0.481 e. The first-order valence-electron chi connectivity index (χ1n) is 6.22. The maximum Gasteiger partial charge on any atom is 0.321 e. The molecule has 0 aromatic heterocycles. The number of imide groups is 1. The summed E-state index contributed by atoms with van der Waals surface area (Å²) in [7, 11) is 0. The molecule has 0 rings (SSSR count). The SMILES string of the molecule is CCC(CC)C(C)NC(=O)NC(=O)CCC(=O)O. The van der Waals surface area contributed by atoms with E-state index in [0.717, 1.165) is 12.8 Å². The van der Waals surface area contributed by atoms with Crippen molar-refractivity contribution in [3.05, 3.63) is 0 Å². The molecule has 18 heavy (non-hydrogen) atoms. The Morgan fingerprint density at radius 2 is 1.67 bits per heavy atom. The van der Waals surface area contributed by atoms with E-state index in [2.05, 4.69) is 10.6 Å². The summed E-state index contributed by atoms with van der Waals surface area (Å²) < 4.78 is 0. The predicted octanol–water partition coefficient (Wildman–Crippen LogP) is 1.50. The quantitative estimate of drug-likeness (QED) is 0.645. The molecule has 0 radical (unpaired) electrons. The highest BCUT2D eigenvalue weighted by Gasteiger charge is 2.17. The van der Waals surface area contributed by atoms with Gasteiger partial charge in [0.25, 0.3) is 0 Å². The molecule has 3 amide bonds. The van der Waals surface area contributed by atoms with Crippen molar-refractivity contribution >= 4 is 17.9 Å². The molecule has 104 valence electrons. The summed E-state index contributed by atoms with van der Waals surface area (Å²) in [5.41, 5.74) is 0. The molecule has 1 unspecified atom stereocenters. The smallest absolute Gasteiger partial charge is 0.321 e. The minimum atomic E-state index is -1.06. The minimum absolute atomic E-state index is 0.0210. The number of aliphatic carboxylic acids is 1. The van der Waals surface area contributed by atoms with Crippen LogP contribution in [0.1, 0.15) is 46.5 Å². The summed E-state index contributed by atoms with van der Waals surface area (Å²) in [5, 5.41) is 13.2. The molecule has 0 aliphatic rings. The van der Waals surface area contributed by atoms with Gasteiger partial charge in [-0.25, -0.2) is 4.79 Å². The molecule has 3 N–H and O–H groups in total. The van der Waals surface area contributed by atoms with Crippen LogP contribution >= 0.6 is 0 Å². The summed E-state index contributed by atoms with van der Waals surface area (Å²) in [6.07, 6.45) is 1.43. The highest BCUT2D eigenvalue weighted by atomic mass is 16.4. The van der Waals surface area contributed by atoms with Crippen molar-refractivity contribution in [1.82, 2.24) is 10.6 Å². The van der Waals surface area contributed by atoms with Gasteiger partial charge in [0.05, 0.1) is 6.42 Å². The van der Waals surface area contributed by atoms with Gasteiger partial charge in [-0.1, -0.05) is 26.7 Å². The number of rotatable bonds is 7. The van der Waals surface area contributed by atoms with Crippen LogP contribution in [-0.4, -0.2) is 29.1 Å². The van der Waals surface area contributed by atoms with Gasteiger partial charge < -0.3 is 10.4 Å². The summed E-state index contributed by atoms with van der Waals surface area (Å²) in [6, 6.07) is -0.586. The molecule has 0 aliphatic carbocycles. The predicted molar refractivity (Wildman–Crippen MR) is 67.1 cm³/mol. The van der Waals surface area contributed by atoms with E-state index in [4.69, 9.17) is 5.11 Å². The molecule has 0 saturated heterocycles. The highest BCUT2D eigenvalue weighted by molar-refractivity contribution is 5.95. The maximum atomic E-state index is 11.5. The Morgan fingerprint density at radius 3 is 2.11 bits per heavy atom. The zero-order valence-electron chi connectivity index (χ0n) is 11.2. The highest BCUT2D eigenvalue weighted by Crippen LogP contribution is 2.12. The lowest BCUT2D eigenvalue weighted by molar-refractivity contribution is -0.138. The molecule has 0 spiro atoms. The van der Waals surface area contributed by atoms with Gasteiger partial charge >= 0.3 is 12.0 Å². The number of carboxylic acids is 1. The molecule has 0 aromatic carbocycles. The third-order valence-corrected chi connectivity index (χ3v) is 2.93. The zero-order chi connectivity index (χ0) is 14.1. The molecule has 1 atom stereocenters. The van der Waals surface area contributed by atoms with Crippen LogP contribution in [-0.2, 0) is 9.59 Å². The number of nitrogens with one attached hydrogen (secondary N) is 2. The van der Waals surface area contributed by atoms with Gasteiger partial charge in [-0.2, -0.15) is 0 Å². The van der Waals surface area contributed by atoms with E-state index in [-0.39, 0.29) is 18.9 Å². The number of urea groups is 1. The van der Waals surface area contributed by atoms with Crippen molar-refractivity contribution in [3.63, 3.8) is 0 Å². The molecule has 6 heteroatoms. The second-order valence-corrected chi connectivity index (χ2v) is 4.28. The number of carbonyl (C=O) groups excluding carboxylic acids is 2. The van der Waals surface area contributed by atoms with Crippen molar-refractivity contribution in [3.8, 4) is 0 Å². The Kier molecular flexibility index (Phi) is 7.74. The normalized spacial score (nSPS) is 12.0. The average molecular weight is 258 g/mol. The molecule has 0 fully saturated rings. The van der Waals surface area contributed by atoms with Gasteiger partial charge in [-0.15, -0.1) is 0 Å². The van der Waals surface area contributed by atoms with Gasteiger partial charge in [-0.05, 0) is 12.8 Å². The fourth-order valence-electron chi connectivity index (χ4n) is 1.77. The van der Waals surface area contributed by atoms with E-state index in [0.29, 0.717) is 5.92 Å². The largest absolute Gasteiger partial charge is 0.481 e. The molecule has 0 saturated carbocycles. The van der Waals surface area contributed by atoms with Crippen LogP contribution in [0.25, 0.3) is 0 Å². The monoisotopic (exact) mass is 258 g/mol. The Morgan fingerprint density at radius 1 is 1.11 bits per heavy atom. The van der Waals surface area contributed by atoms with Crippen molar-refractivity contribution < 1.29 is 19.5 Å². The van der Waals surface area contributed by atoms with E-state index < -0.39 is 17.9 Å². The number of carbonyl (C=O) groups is 3. The second-order valence-electron chi connectivity index (χ2n) is 4.28. The summed E-state index contributed by atoms with van der Waals surface area (Å²) in [6.45, 7) is 5.98. The van der Waals surface area contributed by atoms with Crippen LogP contribution in [0.5, 0.6) is 0 Å². The molecule has 0 bridgehead atoms.